The van der Waals surface area contributed by atoms with E-state index < -0.39 is 17.8 Å². The smallest absolute Gasteiger partial charge is 0.281 e. The number of carbonyl (C=O) groups is 2. The largest absolute Gasteiger partial charge is 0.484 e. The highest BCUT2D eigenvalue weighted by molar-refractivity contribution is 6.02. The van der Waals surface area contributed by atoms with E-state index in [0.717, 1.165) is 11.0 Å². The zero-order chi connectivity index (χ0) is 24.4. The average Bonchev–Trinajstić information content (AvgIpc) is 3.48. The minimum Gasteiger partial charge on any atom is -0.484 e. The molecule has 1 aliphatic heterocycles. The van der Waals surface area contributed by atoms with Gasteiger partial charge in [-0.3, -0.25) is 9.59 Å². The molecular formula is C26H22FN5O3. The number of rotatable bonds is 6. The fraction of sp³-hybridized carbons (Fsp3) is 0.154. The number of nitrogens with one attached hydrogen (secondary N) is 2. The van der Waals surface area contributed by atoms with Crippen LogP contribution in [0.15, 0.2) is 77.9 Å². The van der Waals surface area contributed by atoms with Crippen molar-refractivity contribution in [2.24, 2.45) is 5.10 Å². The lowest BCUT2D eigenvalue weighted by atomic mass is 10.0. The number of amides is 2. The van der Waals surface area contributed by atoms with Crippen molar-refractivity contribution < 1.29 is 18.7 Å². The molecule has 0 fully saturated rings. The number of H-pyrrole nitrogens is 1. The molecule has 3 aromatic carbocycles. The highest BCUT2D eigenvalue weighted by Crippen LogP contribution is 2.34. The van der Waals surface area contributed by atoms with E-state index >= 15 is 0 Å². The summed E-state index contributed by atoms with van der Waals surface area (Å²) in [7, 11) is 0. The third kappa shape index (κ3) is 4.74. The number of nitrogens with zero attached hydrogens (tertiary/aromatic N) is 3. The highest BCUT2D eigenvalue weighted by atomic mass is 19.1. The van der Waals surface area contributed by atoms with Gasteiger partial charge in [0.25, 0.3) is 5.91 Å². The van der Waals surface area contributed by atoms with Crippen molar-refractivity contribution in [2.75, 3.05) is 11.9 Å². The van der Waals surface area contributed by atoms with E-state index in [1.54, 1.807) is 42.5 Å². The Morgan fingerprint density at radius 3 is 2.57 bits per heavy atom. The first-order valence-electron chi connectivity index (χ1n) is 11.1. The van der Waals surface area contributed by atoms with Crippen LogP contribution >= 0.6 is 0 Å². The second-order valence-electron chi connectivity index (χ2n) is 8.12. The van der Waals surface area contributed by atoms with Crippen LogP contribution in [0.3, 0.4) is 0 Å². The van der Waals surface area contributed by atoms with Crippen molar-refractivity contribution in [1.82, 2.24) is 15.0 Å². The zero-order valence-corrected chi connectivity index (χ0v) is 18.9. The monoisotopic (exact) mass is 471 g/mol. The Labute approximate surface area is 200 Å². The predicted octanol–water partition coefficient (Wildman–Crippen LogP) is 4.42. The normalized spacial score (nSPS) is 15.2. The van der Waals surface area contributed by atoms with Gasteiger partial charge in [0.15, 0.2) is 12.4 Å². The van der Waals surface area contributed by atoms with Gasteiger partial charge in [0, 0.05) is 24.6 Å². The Balaban J connectivity index is 1.38. The molecule has 1 unspecified atom stereocenters. The van der Waals surface area contributed by atoms with Crippen molar-refractivity contribution in [3.8, 4) is 5.75 Å². The Morgan fingerprint density at radius 2 is 1.83 bits per heavy atom. The number of aromatic amines is 1. The molecule has 0 aliphatic carbocycles. The molecule has 2 N–H and O–H groups in total. The van der Waals surface area contributed by atoms with Crippen LogP contribution in [-0.4, -0.2) is 39.1 Å². The molecule has 176 valence electrons. The molecule has 2 heterocycles. The zero-order valence-electron chi connectivity index (χ0n) is 18.9. The van der Waals surface area contributed by atoms with Crippen molar-refractivity contribution in [3.05, 3.63) is 90.0 Å². The van der Waals surface area contributed by atoms with Gasteiger partial charge in [-0.15, -0.1) is 0 Å². The van der Waals surface area contributed by atoms with E-state index in [0.29, 0.717) is 35.0 Å². The SMILES string of the molecule is CC(=O)Nc1ccc(OCC(=O)N2N=C(c3nc4ccccc4[nH]3)CC2c2ccccc2F)cc1. The van der Waals surface area contributed by atoms with Crippen LogP contribution in [0, 0.1) is 5.82 Å². The second kappa shape index (κ2) is 9.38. The van der Waals surface area contributed by atoms with Crippen LogP contribution in [0.4, 0.5) is 10.1 Å². The van der Waals surface area contributed by atoms with Crippen molar-refractivity contribution >= 4 is 34.2 Å². The number of hydrazone groups is 1. The highest BCUT2D eigenvalue weighted by Gasteiger charge is 2.35. The molecule has 35 heavy (non-hydrogen) atoms. The first-order chi connectivity index (χ1) is 17.0. The van der Waals surface area contributed by atoms with Gasteiger partial charge in [0.05, 0.1) is 17.1 Å². The molecule has 0 radical (unpaired) electrons. The van der Waals surface area contributed by atoms with Crippen LogP contribution in [0.25, 0.3) is 11.0 Å². The summed E-state index contributed by atoms with van der Waals surface area (Å²) >= 11 is 0. The summed E-state index contributed by atoms with van der Waals surface area (Å²) in [5.41, 5.74) is 3.18. The van der Waals surface area contributed by atoms with E-state index in [4.69, 9.17) is 4.74 Å². The first-order valence-corrected chi connectivity index (χ1v) is 11.1. The van der Waals surface area contributed by atoms with Gasteiger partial charge < -0.3 is 15.0 Å². The molecule has 0 spiro atoms. The van der Waals surface area contributed by atoms with E-state index in [1.807, 2.05) is 24.3 Å². The molecule has 1 aromatic heterocycles. The summed E-state index contributed by atoms with van der Waals surface area (Å²) < 4.78 is 20.3. The molecule has 0 bridgehead atoms. The fourth-order valence-corrected chi connectivity index (χ4v) is 4.01. The summed E-state index contributed by atoms with van der Waals surface area (Å²) in [5.74, 6) is -0.0192. The summed E-state index contributed by atoms with van der Waals surface area (Å²) in [6, 6.07) is 20.0. The van der Waals surface area contributed by atoms with Crippen LogP contribution in [0.1, 0.15) is 30.8 Å². The van der Waals surface area contributed by atoms with E-state index in [2.05, 4.69) is 20.4 Å². The molecule has 5 rings (SSSR count). The van der Waals surface area contributed by atoms with E-state index in [9.17, 15) is 14.0 Å². The number of benzene rings is 3. The van der Waals surface area contributed by atoms with Gasteiger partial charge in [-0.2, -0.15) is 5.10 Å². The number of imidazole rings is 1. The Morgan fingerprint density at radius 1 is 1.09 bits per heavy atom. The lowest BCUT2D eigenvalue weighted by Crippen LogP contribution is -2.31. The number of hydrogen-bond donors (Lipinski definition) is 2. The molecule has 2 amide bonds. The summed E-state index contributed by atoms with van der Waals surface area (Å²) in [6.45, 7) is 1.13. The van der Waals surface area contributed by atoms with Crippen LogP contribution in [0.5, 0.6) is 5.75 Å². The van der Waals surface area contributed by atoms with Crippen LogP contribution < -0.4 is 10.1 Å². The minimum atomic E-state index is -0.627. The maximum absolute atomic E-state index is 14.7. The van der Waals surface area contributed by atoms with Crippen LogP contribution in [0.2, 0.25) is 0 Å². The Hall–Kier alpha value is -4.53. The van der Waals surface area contributed by atoms with Gasteiger partial charge in [-0.1, -0.05) is 30.3 Å². The molecular weight excluding hydrogens is 449 g/mol. The fourth-order valence-electron chi connectivity index (χ4n) is 4.01. The van der Waals surface area contributed by atoms with E-state index in [1.165, 1.54) is 18.0 Å². The van der Waals surface area contributed by atoms with Gasteiger partial charge in [-0.25, -0.2) is 14.4 Å². The van der Waals surface area contributed by atoms with Crippen molar-refractivity contribution in [1.29, 1.82) is 0 Å². The molecule has 4 aromatic rings. The number of fused-ring (bicyclic) bond motifs is 1. The number of anilines is 1. The Kier molecular flexibility index (Phi) is 5.97. The maximum atomic E-state index is 14.7. The predicted molar refractivity (Wildman–Crippen MR) is 129 cm³/mol. The first kappa shape index (κ1) is 22.3. The van der Waals surface area contributed by atoms with Gasteiger partial charge in [-0.05, 0) is 42.5 Å². The summed E-state index contributed by atoms with van der Waals surface area (Å²) in [4.78, 5) is 32.1. The number of aromatic nitrogens is 2. The third-order valence-corrected chi connectivity index (χ3v) is 5.63. The number of para-hydroxylation sites is 2. The van der Waals surface area contributed by atoms with Crippen LogP contribution in [-0.2, 0) is 9.59 Å². The number of hydrogen-bond acceptors (Lipinski definition) is 5. The minimum absolute atomic E-state index is 0.180. The lowest BCUT2D eigenvalue weighted by molar-refractivity contribution is -0.135. The van der Waals surface area contributed by atoms with Gasteiger partial charge >= 0.3 is 0 Å². The molecule has 1 atom stereocenters. The number of carbonyl (C=O) groups excluding carboxylic acids is 2. The quantitative estimate of drug-likeness (QED) is 0.435. The molecule has 9 heteroatoms. The average molecular weight is 471 g/mol. The maximum Gasteiger partial charge on any atom is 0.281 e. The van der Waals surface area contributed by atoms with Crippen molar-refractivity contribution in [2.45, 2.75) is 19.4 Å². The number of halogens is 1. The van der Waals surface area contributed by atoms with Gasteiger partial charge in [0.1, 0.15) is 17.3 Å². The lowest BCUT2D eigenvalue weighted by Gasteiger charge is -2.22. The van der Waals surface area contributed by atoms with Crippen molar-refractivity contribution in [3.63, 3.8) is 0 Å². The Bertz CT molecular complexity index is 1400. The van der Waals surface area contributed by atoms with Gasteiger partial charge in [0.2, 0.25) is 5.91 Å². The summed E-state index contributed by atoms with van der Waals surface area (Å²) in [5, 5.41) is 8.46. The number of ether oxygens (including phenoxy) is 1. The van der Waals surface area contributed by atoms with E-state index in [-0.39, 0.29) is 12.5 Å². The standard InChI is InChI=1S/C26H22FN5O3/c1-16(33)28-17-10-12-18(13-11-17)35-15-25(34)32-24(19-6-2-3-7-20(19)27)14-23(31-32)26-29-21-8-4-5-9-22(21)30-26/h2-13,24H,14-15H2,1H3,(H,28,33)(H,29,30). The molecule has 0 saturated heterocycles. The molecule has 1 aliphatic rings. The third-order valence-electron chi connectivity index (χ3n) is 5.63. The molecule has 8 nitrogen and oxygen atoms in total. The second-order valence-corrected chi connectivity index (χ2v) is 8.12. The summed E-state index contributed by atoms with van der Waals surface area (Å²) in [6.07, 6.45) is 0.303. The topological polar surface area (TPSA) is 99.7 Å². The molecule has 0 saturated carbocycles.